The Labute approximate surface area is 124 Å². The van der Waals surface area contributed by atoms with Crippen LogP contribution in [0.15, 0.2) is 30.3 Å². The molecule has 0 bridgehead atoms. The maximum Gasteiger partial charge on any atom is 0.0363 e. The molecule has 0 aromatic heterocycles. The van der Waals surface area contributed by atoms with E-state index in [4.69, 9.17) is 0 Å². The molecule has 1 fully saturated rings. The summed E-state index contributed by atoms with van der Waals surface area (Å²) in [4.78, 5) is 2.42. The van der Waals surface area contributed by atoms with Gasteiger partial charge in [0, 0.05) is 25.3 Å². The fourth-order valence-electron chi connectivity index (χ4n) is 3.60. The number of benzene rings is 1. The smallest absolute Gasteiger partial charge is 0.0363 e. The normalized spacial score (nSPS) is 26.4. The number of anilines is 1. The van der Waals surface area contributed by atoms with Crippen molar-refractivity contribution in [1.29, 1.82) is 0 Å². The molecule has 2 rings (SSSR count). The number of hydrogen-bond donors (Lipinski definition) is 1. The minimum atomic E-state index is 0.703. The Kier molecular flexibility index (Phi) is 5.90. The maximum absolute atomic E-state index is 3.71. The number of hydrogen-bond acceptors (Lipinski definition) is 2. The summed E-state index contributed by atoms with van der Waals surface area (Å²) in [5.41, 5.74) is 1.33. The van der Waals surface area contributed by atoms with Crippen LogP contribution in [0.1, 0.15) is 39.5 Å². The largest absolute Gasteiger partial charge is 0.374 e. The van der Waals surface area contributed by atoms with Gasteiger partial charge in [-0.1, -0.05) is 38.5 Å². The van der Waals surface area contributed by atoms with Gasteiger partial charge in [0.05, 0.1) is 0 Å². The van der Waals surface area contributed by atoms with Gasteiger partial charge in [0.25, 0.3) is 0 Å². The summed E-state index contributed by atoms with van der Waals surface area (Å²) < 4.78 is 0. The van der Waals surface area contributed by atoms with Crippen LogP contribution in [0, 0.1) is 11.8 Å². The van der Waals surface area contributed by atoms with E-state index in [0.717, 1.165) is 24.9 Å². The average Bonchev–Trinajstić information content (AvgIpc) is 2.50. The van der Waals surface area contributed by atoms with Crippen LogP contribution in [0.4, 0.5) is 5.69 Å². The zero-order valence-electron chi connectivity index (χ0n) is 13.3. The Morgan fingerprint density at radius 1 is 1.15 bits per heavy atom. The zero-order chi connectivity index (χ0) is 14.4. The van der Waals surface area contributed by atoms with Crippen LogP contribution in [-0.2, 0) is 0 Å². The summed E-state index contributed by atoms with van der Waals surface area (Å²) in [6, 6.07) is 11.5. The van der Waals surface area contributed by atoms with Crippen molar-refractivity contribution >= 4 is 5.69 Å². The van der Waals surface area contributed by atoms with Crippen molar-refractivity contribution in [3.63, 3.8) is 0 Å². The van der Waals surface area contributed by atoms with Crippen molar-refractivity contribution in [3.05, 3.63) is 30.3 Å². The first-order valence-corrected chi connectivity index (χ1v) is 8.24. The molecule has 112 valence electrons. The topological polar surface area (TPSA) is 15.3 Å². The summed E-state index contributed by atoms with van der Waals surface area (Å²) in [7, 11) is 2.23. The summed E-state index contributed by atoms with van der Waals surface area (Å²) in [6.07, 6.45) is 5.47. The Bertz CT molecular complexity index is 376. The van der Waals surface area contributed by atoms with Crippen LogP contribution < -0.4 is 10.2 Å². The highest BCUT2D eigenvalue weighted by molar-refractivity contribution is 5.45. The third kappa shape index (κ3) is 3.99. The monoisotopic (exact) mass is 274 g/mol. The van der Waals surface area contributed by atoms with Crippen molar-refractivity contribution in [2.24, 2.45) is 11.8 Å². The molecule has 2 nitrogen and oxygen atoms in total. The van der Waals surface area contributed by atoms with E-state index in [1.807, 2.05) is 0 Å². The van der Waals surface area contributed by atoms with E-state index in [1.54, 1.807) is 0 Å². The SMILES string of the molecule is CCNC1CCC(CC)CC1CN(C)c1ccccc1. The molecule has 20 heavy (non-hydrogen) atoms. The fourth-order valence-corrected chi connectivity index (χ4v) is 3.60. The number of nitrogens with one attached hydrogen (secondary N) is 1. The van der Waals surface area contributed by atoms with Crippen LogP contribution in [0.25, 0.3) is 0 Å². The molecule has 2 heteroatoms. The van der Waals surface area contributed by atoms with Gasteiger partial charge in [-0.25, -0.2) is 0 Å². The number of nitrogens with zero attached hydrogens (tertiary/aromatic N) is 1. The van der Waals surface area contributed by atoms with Gasteiger partial charge >= 0.3 is 0 Å². The standard InChI is InChI=1S/C18H30N2/c1-4-15-11-12-18(19-5-2)16(13-15)14-20(3)17-9-7-6-8-10-17/h6-10,15-16,18-19H,4-5,11-14H2,1-3H3. The lowest BCUT2D eigenvalue weighted by atomic mass is 9.76. The average molecular weight is 274 g/mol. The molecule has 3 unspecified atom stereocenters. The van der Waals surface area contributed by atoms with Crippen LogP contribution >= 0.6 is 0 Å². The van der Waals surface area contributed by atoms with Crippen molar-refractivity contribution in [3.8, 4) is 0 Å². The minimum Gasteiger partial charge on any atom is -0.374 e. The lowest BCUT2D eigenvalue weighted by Gasteiger charge is -2.39. The van der Waals surface area contributed by atoms with E-state index in [0.29, 0.717) is 6.04 Å². The molecule has 1 aliphatic rings. The Balaban J connectivity index is 1.99. The maximum atomic E-state index is 3.71. The third-order valence-corrected chi connectivity index (χ3v) is 4.84. The van der Waals surface area contributed by atoms with Gasteiger partial charge in [-0.3, -0.25) is 0 Å². The molecule has 1 aromatic rings. The van der Waals surface area contributed by atoms with Crippen molar-refractivity contribution in [2.45, 2.75) is 45.6 Å². The van der Waals surface area contributed by atoms with Gasteiger partial charge in [0.2, 0.25) is 0 Å². The van der Waals surface area contributed by atoms with E-state index >= 15 is 0 Å². The lowest BCUT2D eigenvalue weighted by Crippen LogP contribution is -2.45. The summed E-state index contributed by atoms with van der Waals surface area (Å²) in [5.74, 6) is 1.71. The van der Waals surface area contributed by atoms with Crippen molar-refractivity contribution < 1.29 is 0 Å². The highest BCUT2D eigenvalue weighted by Gasteiger charge is 2.29. The number of rotatable bonds is 6. The quantitative estimate of drug-likeness (QED) is 0.845. The number of para-hydroxylation sites is 1. The highest BCUT2D eigenvalue weighted by atomic mass is 15.1. The van der Waals surface area contributed by atoms with Gasteiger partial charge in [-0.2, -0.15) is 0 Å². The summed E-state index contributed by atoms with van der Waals surface area (Å²) in [6.45, 7) is 6.82. The molecule has 0 saturated heterocycles. The van der Waals surface area contributed by atoms with Crippen LogP contribution in [0.5, 0.6) is 0 Å². The molecule has 3 atom stereocenters. The molecule has 1 aromatic carbocycles. The van der Waals surface area contributed by atoms with Crippen molar-refractivity contribution in [2.75, 3.05) is 25.0 Å². The van der Waals surface area contributed by atoms with Gasteiger partial charge < -0.3 is 10.2 Å². The van der Waals surface area contributed by atoms with E-state index in [9.17, 15) is 0 Å². The van der Waals surface area contributed by atoms with Gasteiger partial charge in [0.1, 0.15) is 0 Å². The molecule has 1 saturated carbocycles. The predicted molar refractivity (Wildman–Crippen MR) is 88.3 cm³/mol. The molecule has 0 aliphatic heterocycles. The molecule has 1 N–H and O–H groups in total. The Morgan fingerprint density at radius 3 is 2.55 bits per heavy atom. The van der Waals surface area contributed by atoms with E-state index in [1.165, 1.54) is 31.4 Å². The molecular weight excluding hydrogens is 244 g/mol. The van der Waals surface area contributed by atoms with Gasteiger partial charge in [0.15, 0.2) is 0 Å². The molecule has 0 spiro atoms. The zero-order valence-corrected chi connectivity index (χ0v) is 13.3. The Hall–Kier alpha value is -1.02. The fraction of sp³-hybridized carbons (Fsp3) is 0.667. The van der Waals surface area contributed by atoms with Crippen molar-refractivity contribution in [1.82, 2.24) is 5.32 Å². The molecule has 0 heterocycles. The van der Waals surface area contributed by atoms with Gasteiger partial charge in [-0.05, 0) is 49.8 Å². The van der Waals surface area contributed by atoms with E-state index in [-0.39, 0.29) is 0 Å². The first kappa shape index (κ1) is 15.4. The minimum absolute atomic E-state index is 0.703. The second-order valence-electron chi connectivity index (χ2n) is 6.23. The van der Waals surface area contributed by atoms with Crippen LogP contribution in [0.2, 0.25) is 0 Å². The first-order chi connectivity index (χ1) is 9.74. The van der Waals surface area contributed by atoms with Crippen LogP contribution in [0.3, 0.4) is 0 Å². The molecule has 0 amide bonds. The molecule has 0 radical (unpaired) electrons. The van der Waals surface area contributed by atoms with E-state index < -0.39 is 0 Å². The summed E-state index contributed by atoms with van der Waals surface area (Å²) >= 11 is 0. The predicted octanol–water partition coefficient (Wildman–Crippen LogP) is 3.93. The first-order valence-electron chi connectivity index (χ1n) is 8.24. The molecule has 1 aliphatic carbocycles. The highest BCUT2D eigenvalue weighted by Crippen LogP contribution is 2.32. The van der Waals surface area contributed by atoms with Crippen LogP contribution in [-0.4, -0.2) is 26.2 Å². The summed E-state index contributed by atoms with van der Waals surface area (Å²) in [5, 5.41) is 3.71. The van der Waals surface area contributed by atoms with Gasteiger partial charge in [-0.15, -0.1) is 0 Å². The Morgan fingerprint density at radius 2 is 1.90 bits per heavy atom. The second kappa shape index (κ2) is 7.68. The third-order valence-electron chi connectivity index (χ3n) is 4.84. The molecular formula is C18H30N2. The second-order valence-corrected chi connectivity index (χ2v) is 6.23. The lowest BCUT2D eigenvalue weighted by molar-refractivity contribution is 0.204. The van der Waals surface area contributed by atoms with E-state index in [2.05, 4.69) is 61.4 Å².